The number of hydrazine groups is 1. The van der Waals surface area contributed by atoms with E-state index in [2.05, 4.69) is 5.43 Å². The first-order chi connectivity index (χ1) is 14.4. The molecule has 2 unspecified atom stereocenters. The van der Waals surface area contributed by atoms with E-state index >= 15 is 0 Å². The Morgan fingerprint density at radius 3 is 2.57 bits per heavy atom. The lowest BCUT2D eigenvalue weighted by atomic mass is 9.34. The predicted octanol–water partition coefficient (Wildman–Crippen LogP) is 2.85. The Morgan fingerprint density at radius 2 is 1.93 bits per heavy atom. The maximum absolute atomic E-state index is 13.1. The molecule has 3 aliphatic carbocycles. The highest BCUT2D eigenvalue weighted by Gasteiger charge is 2.71. The van der Waals surface area contributed by atoms with Crippen molar-refractivity contribution in [1.82, 2.24) is 10.4 Å². The number of hydrogen-bond donors (Lipinski definition) is 1. The number of amides is 1. The number of nitrogens with one attached hydrogen (secondary N) is 1. The fraction of sp³-hybridized carbons (Fsp3) is 0.545. The number of nitrogens with zero attached hydrogens (tertiary/aromatic N) is 2. The molecule has 5 aliphatic rings. The van der Waals surface area contributed by atoms with Gasteiger partial charge in [-0.15, -0.1) is 0 Å². The summed E-state index contributed by atoms with van der Waals surface area (Å²) in [5.41, 5.74) is 4.21. The number of benzene rings is 1. The van der Waals surface area contributed by atoms with E-state index in [1.807, 2.05) is 24.3 Å². The number of ether oxygens (including phenoxy) is 1. The molecule has 6 nitrogen and oxygen atoms in total. The van der Waals surface area contributed by atoms with E-state index in [1.54, 1.807) is 29.2 Å². The molecule has 1 saturated heterocycles. The van der Waals surface area contributed by atoms with Crippen LogP contribution >= 0.6 is 0 Å². The van der Waals surface area contributed by atoms with E-state index in [-0.39, 0.29) is 23.9 Å². The zero-order valence-electron chi connectivity index (χ0n) is 16.8. The Morgan fingerprint density at radius 1 is 1.23 bits per heavy atom. The van der Waals surface area contributed by atoms with Crippen molar-refractivity contribution in [2.75, 3.05) is 18.1 Å². The normalized spacial score (nSPS) is 33.9. The third-order valence-electron chi connectivity index (χ3n) is 7.07. The topological polar surface area (TPSA) is 61.9 Å². The number of halogens is 2. The van der Waals surface area contributed by atoms with Gasteiger partial charge in [0, 0.05) is 30.0 Å². The summed E-state index contributed by atoms with van der Waals surface area (Å²) in [6.45, 7) is 2.38. The number of carbonyl (C=O) groups is 2. The highest BCUT2D eigenvalue weighted by Crippen LogP contribution is 2.76. The first-order valence-electron chi connectivity index (χ1n) is 10.4. The highest BCUT2D eigenvalue weighted by molar-refractivity contribution is 6.02. The van der Waals surface area contributed by atoms with Gasteiger partial charge in [-0.3, -0.25) is 14.5 Å². The molecule has 1 N–H and O–H groups in total. The average Bonchev–Trinajstić information content (AvgIpc) is 3.09. The molecular weight excluding hydrogens is 392 g/mol. The largest absolute Gasteiger partial charge is 0.466 e. The van der Waals surface area contributed by atoms with E-state index < -0.39 is 23.8 Å². The Bertz CT molecular complexity index is 882. The SMILES string of the molecule is CCOC(=O)C1CNN2C=CN(c3ccc(CC45CC(C(F)F)(C4)C5)cc3)C(=O)C12. The van der Waals surface area contributed by atoms with Crippen LogP contribution in [0.15, 0.2) is 36.7 Å². The predicted molar refractivity (Wildman–Crippen MR) is 105 cm³/mol. The van der Waals surface area contributed by atoms with Gasteiger partial charge in [0.15, 0.2) is 0 Å². The number of hydrogen-bond acceptors (Lipinski definition) is 5. The molecule has 2 atom stereocenters. The smallest absolute Gasteiger partial charge is 0.313 e. The van der Waals surface area contributed by atoms with Crippen LogP contribution in [-0.4, -0.2) is 42.5 Å². The molecule has 0 spiro atoms. The van der Waals surface area contributed by atoms with Crippen LogP contribution in [-0.2, 0) is 20.7 Å². The molecule has 8 heteroatoms. The van der Waals surface area contributed by atoms with Crippen LogP contribution in [0.5, 0.6) is 0 Å². The Kier molecular flexibility index (Phi) is 4.39. The minimum absolute atomic E-state index is 0.0433. The minimum atomic E-state index is -2.21. The van der Waals surface area contributed by atoms with Gasteiger partial charge in [0.1, 0.15) is 12.0 Å². The fourth-order valence-electron chi connectivity index (χ4n) is 5.78. The van der Waals surface area contributed by atoms with Crippen LogP contribution in [0.1, 0.15) is 31.7 Å². The molecular formula is C22H25F2N3O3. The van der Waals surface area contributed by atoms with Gasteiger partial charge in [-0.25, -0.2) is 14.2 Å². The monoisotopic (exact) mass is 417 g/mol. The van der Waals surface area contributed by atoms with Crippen molar-refractivity contribution >= 4 is 17.6 Å². The van der Waals surface area contributed by atoms with Crippen molar-refractivity contribution in [3.8, 4) is 0 Å². The molecule has 2 aliphatic heterocycles. The van der Waals surface area contributed by atoms with Crippen LogP contribution < -0.4 is 10.3 Å². The van der Waals surface area contributed by atoms with Crippen molar-refractivity contribution in [2.45, 2.75) is 45.1 Å². The number of carbonyl (C=O) groups excluding carboxylic acids is 2. The first kappa shape index (κ1) is 19.5. The summed E-state index contributed by atoms with van der Waals surface area (Å²) >= 11 is 0. The van der Waals surface area contributed by atoms with Gasteiger partial charge in [0.2, 0.25) is 6.43 Å². The van der Waals surface area contributed by atoms with Gasteiger partial charge in [0.05, 0.1) is 6.61 Å². The number of anilines is 1. The second-order valence-electron chi connectivity index (χ2n) is 9.12. The quantitative estimate of drug-likeness (QED) is 0.722. The summed E-state index contributed by atoms with van der Waals surface area (Å²) < 4.78 is 31.2. The molecule has 2 bridgehead atoms. The molecule has 30 heavy (non-hydrogen) atoms. The molecule has 2 heterocycles. The van der Waals surface area contributed by atoms with Gasteiger partial charge in [-0.1, -0.05) is 12.1 Å². The second-order valence-corrected chi connectivity index (χ2v) is 9.12. The van der Waals surface area contributed by atoms with Crippen molar-refractivity contribution in [3.63, 3.8) is 0 Å². The summed E-state index contributed by atoms with van der Waals surface area (Å²) in [6.07, 6.45) is 3.89. The van der Waals surface area contributed by atoms with Gasteiger partial charge < -0.3 is 9.75 Å². The molecule has 6 rings (SSSR count). The number of alkyl halides is 2. The minimum Gasteiger partial charge on any atom is -0.466 e. The van der Waals surface area contributed by atoms with Crippen molar-refractivity contribution in [3.05, 3.63) is 42.2 Å². The van der Waals surface area contributed by atoms with E-state index in [0.717, 1.165) is 17.7 Å². The highest BCUT2D eigenvalue weighted by atomic mass is 19.3. The number of fused-ring (bicyclic) bond motifs is 1. The van der Waals surface area contributed by atoms with Crippen LogP contribution in [0.4, 0.5) is 14.5 Å². The zero-order valence-corrected chi connectivity index (χ0v) is 16.8. The lowest BCUT2D eigenvalue weighted by molar-refractivity contribution is -0.265. The maximum atomic E-state index is 13.1. The van der Waals surface area contributed by atoms with Gasteiger partial charge in [-0.05, 0) is 55.7 Å². The summed E-state index contributed by atoms with van der Waals surface area (Å²) in [7, 11) is 0. The standard InChI is InChI=1S/C22H25F2N3O3/c1-2-30-19(29)16-10-25-27-8-7-26(18(28)17(16)27)15-5-3-14(4-6-15)9-21-11-22(12-21,13-21)20(23)24/h3-8,16-17,20,25H,2,9-13H2,1H3. The number of rotatable bonds is 6. The molecule has 1 aromatic carbocycles. The molecule has 1 aromatic rings. The fourth-order valence-corrected chi connectivity index (χ4v) is 5.78. The summed E-state index contributed by atoms with van der Waals surface area (Å²) in [4.78, 5) is 26.9. The lowest BCUT2D eigenvalue weighted by Gasteiger charge is -2.70. The van der Waals surface area contributed by atoms with Crippen molar-refractivity contribution in [1.29, 1.82) is 0 Å². The molecule has 160 valence electrons. The van der Waals surface area contributed by atoms with Gasteiger partial charge in [-0.2, -0.15) is 0 Å². The van der Waals surface area contributed by atoms with Crippen molar-refractivity contribution < 1.29 is 23.1 Å². The van der Waals surface area contributed by atoms with Gasteiger partial charge >= 0.3 is 5.97 Å². The van der Waals surface area contributed by atoms with E-state index in [4.69, 9.17) is 4.74 Å². The van der Waals surface area contributed by atoms with E-state index in [1.165, 1.54) is 0 Å². The van der Waals surface area contributed by atoms with Crippen LogP contribution in [0.2, 0.25) is 0 Å². The summed E-state index contributed by atoms with van der Waals surface area (Å²) in [5.74, 6) is -1.13. The summed E-state index contributed by atoms with van der Waals surface area (Å²) in [5, 5.41) is 1.66. The van der Waals surface area contributed by atoms with Crippen LogP contribution in [0, 0.1) is 16.7 Å². The third kappa shape index (κ3) is 2.84. The molecule has 4 fully saturated rings. The molecule has 0 aromatic heterocycles. The Labute approximate surface area is 173 Å². The molecule has 1 amide bonds. The third-order valence-corrected chi connectivity index (χ3v) is 7.07. The van der Waals surface area contributed by atoms with Gasteiger partial charge in [0.25, 0.3) is 5.91 Å². The zero-order chi connectivity index (χ0) is 21.1. The molecule has 0 radical (unpaired) electrons. The van der Waals surface area contributed by atoms with E-state index in [0.29, 0.717) is 25.8 Å². The molecule has 3 saturated carbocycles. The maximum Gasteiger partial charge on any atom is 0.313 e. The van der Waals surface area contributed by atoms with Crippen LogP contribution in [0.25, 0.3) is 0 Å². The second kappa shape index (κ2) is 6.77. The van der Waals surface area contributed by atoms with Crippen LogP contribution in [0.3, 0.4) is 0 Å². The first-order valence-corrected chi connectivity index (χ1v) is 10.4. The Balaban J connectivity index is 1.27. The number of esters is 1. The summed E-state index contributed by atoms with van der Waals surface area (Å²) in [6, 6.07) is 7.05. The van der Waals surface area contributed by atoms with E-state index in [9.17, 15) is 18.4 Å². The Hall–Kier alpha value is -2.48. The lowest BCUT2D eigenvalue weighted by Crippen LogP contribution is -2.65. The van der Waals surface area contributed by atoms with Crippen molar-refractivity contribution in [2.24, 2.45) is 16.7 Å². The average molecular weight is 417 g/mol.